The number of likely N-dealkylation sites (tertiary alicyclic amines) is 1. The molecule has 1 saturated heterocycles. The Bertz CT molecular complexity index is 2750. The van der Waals surface area contributed by atoms with Crippen LogP contribution in [0, 0.1) is 5.92 Å². The van der Waals surface area contributed by atoms with Crippen molar-refractivity contribution in [2.24, 2.45) is 5.92 Å². The fourth-order valence-corrected chi connectivity index (χ4v) is 10.9. The molecule has 5 aromatic carbocycles. The topological polar surface area (TPSA) is 21.8 Å². The molecule has 0 spiro atoms. The largest absolute Gasteiger partial charge is 0.354 e. The standard InChI is InChI=1S/C51H42N4/c1-31-36-14-5-9-20-46(36)55(47-21-10-6-15-37(31)47)35-25-27-39-48(29-35)53(2)49-30-41-38-26-24-34(28-43(38)52-42-17-11-16-40(50(41)42)51(39)49)54-44-18-7-3-12-32(44)22-23-33-13-4-8-19-45(33)54/h3-9,11-20,22-29,31,39,48-49,52H,10,21,30H2,1-2H3. The highest BCUT2D eigenvalue weighted by atomic mass is 15.2. The molecule has 4 aliphatic heterocycles. The summed E-state index contributed by atoms with van der Waals surface area (Å²) >= 11 is 0. The number of fused-ring (bicyclic) bond motifs is 8. The van der Waals surface area contributed by atoms with Crippen molar-refractivity contribution in [2.45, 2.75) is 44.2 Å². The molecule has 12 rings (SSSR count). The molecular weight excluding hydrogens is 669 g/mol. The lowest BCUT2D eigenvalue weighted by molar-refractivity contribution is 0.275. The van der Waals surface area contributed by atoms with E-state index in [1.807, 2.05) is 0 Å². The number of hydrogen-bond acceptors (Lipinski definition) is 4. The Labute approximate surface area is 322 Å². The van der Waals surface area contributed by atoms with Crippen molar-refractivity contribution in [3.8, 4) is 0 Å². The van der Waals surface area contributed by atoms with Crippen molar-refractivity contribution < 1.29 is 0 Å². The fourth-order valence-electron chi connectivity index (χ4n) is 10.9. The second kappa shape index (κ2) is 11.7. The van der Waals surface area contributed by atoms with Gasteiger partial charge >= 0.3 is 0 Å². The van der Waals surface area contributed by atoms with Gasteiger partial charge in [0.1, 0.15) is 0 Å². The molecule has 266 valence electrons. The Kier molecular flexibility index (Phi) is 6.65. The van der Waals surface area contributed by atoms with Gasteiger partial charge in [-0.25, -0.2) is 0 Å². The number of para-hydroxylation sites is 3. The fraction of sp³-hybridized carbons (Fsp3) is 0.176. The first-order valence-electron chi connectivity index (χ1n) is 20.0. The van der Waals surface area contributed by atoms with Crippen LogP contribution >= 0.6 is 0 Å². The van der Waals surface area contributed by atoms with Gasteiger partial charge in [-0.15, -0.1) is 0 Å². The van der Waals surface area contributed by atoms with Crippen molar-refractivity contribution in [2.75, 3.05) is 22.2 Å². The first kappa shape index (κ1) is 31.3. The Morgan fingerprint density at radius 1 is 0.709 bits per heavy atom. The highest BCUT2D eigenvalue weighted by Crippen LogP contribution is 2.50. The van der Waals surface area contributed by atoms with E-state index in [0.29, 0.717) is 17.9 Å². The highest BCUT2D eigenvalue weighted by Gasteiger charge is 2.46. The smallest absolute Gasteiger partial charge is 0.0534 e. The van der Waals surface area contributed by atoms with E-state index in [9.17, 15) is 0 Å². The third-order valence-electron chi connectivity index (χ3n) is 13.4. The Balaban J connectivity index is 0.960. The minimum Gasteiger partial charge on any atom is -0.354 e. The first-order valence-corrected chi connectivity index (χ1v) is 20.0. The maximum atomic E-state index is 3.94. The van der Waals surface area contributed by atoms with Crippen molar-refractivity contribution in [1.29, 1.82) is 0 Å². The molecule has 5 aromatic rings. The number of rotatable bonds is 2. The predicted molar refractivity (Wildman–Crippen MR) is 228 cm³/mol. The van der Waals surface area contributed by atoms with E-state index in [1.54, 1.807) is 5.57 Å². The van der Waals surface area contributed by atoms with Gasteiger partial charge in [-0.3, -0.25) is 4.90 Å². The van der Waals surface area contributed by atoms with E-state index in [2.05, 4.69) is 186 Å². The van der Waals surface area contributed by atoms with Crippen LogP contribution in [0.1, 0.15) is 54.4 Å². The number of benzene rings is 5. The minimum absolute atomic E-state index is 0.290. The predicted octanol–water partition coefficient (Wildman–Crippen LogP) is 10.4. The minimum atomic E-state index is 0.290. The molecule has 0 saturated carbocycles. The summed E-state index contributed by atoms with van der Waals surface area (Å²) in [7, 11) is 2.37. The quantitative estimate of drug-likeness (QED) is 0.193. The van der Waals surface area contributed by atoms with E-state index in [1.165, 1.54) is 83.7 Å². The SMILES string of the molecule is CC1C2=C(CCC=C2)N(C2=CC3C(C=C2)C2=c4cccc5c4=C(CC2N3C)c2ccc(N3c4ccccc4C=Cc4ccccc43)cc2N5)c2ccccc21. The van der Waals surface area contributed by atoms with Crippen LogP contribution in [-0.4, -0.2) is 24.0 Å². The van der Waals surface area contributed by atoms with Crippen molar-refractivity contribution in [1.82, 2.24) is 4.90 Å². The molecular formula is C51H42N4. The molecule has 1 fully saturated rings. The summed E-state index contributed by atoms with van der Waals surface area (Å²) in [4.78, 5) is 7.69. The lowest BCUT2D eigenvalue weighted by atomic mass is 9.79. The van der Waals surface area contributed by atoms with Gasteiger partial charge in [0.15, 0.2) is 0 Å². The van der Waals surface area contributed by atoms with E-state index in [0.717, 1.165) is 24.9 Å². The monoisotopic (exact) mass is 710 g/mol. The molecule has 3 aliphatic carbocycles. The van der Waals surface area contributed by atoms with E-state index >= 15 is 0 Å². The van der Waals surface area contributed by atoms with Gasteiger partial charge in [0.05, 0.1) is 11.4 Å². The van der Waals surface area contributed by atoms with Gasteiger partial charge in [0, 0.05) is 68.8 Å². The maximum absolute atomic E-state index is 3.94. The van der Waals surface area contributed by atoms with Gasteiger partial charge in [-0.2, -0.15) is 0 Å². The molecule has 0 radical (unpaired) electrons. The van der Waals surface area contributed by atoms with Crippen molar-refractivity contribution in [3.63, 3.8) is 0 Å². The van der Waals surface area contributed by atoms with Gasteiger partial charge in [0.2, 0.25) is 0 Å². The van der Waals surface area contributed by atoms with Crippen LogP contribution in [0.25, 0.3) is 23.3 Å². The Hall–Kier alpha value is -6.10. The summed E-state index contributed by atoms with van der Waals surface area (Å²) in [6.07, 6.45) is 19.9. The van der Waals surface area contributed by atoms with Crippen molar-refractivity contribution >= 4 is 57.4 Å². The normalized spacial score (nSPS) is 23.7. The Morgan fingerprint density at radius 2 is 1.47 bits per heavy atom. The van der Waals surface area contributed by atoms with Crippen molar-refractivity contribution in [3.05, 3.63) is 189 Å². The van der Waals surface area contributed by atoms with Gasteiger partial charge in [-0.05, 0) is 113 Å². The summed E-state index contributed by atoms with van der Waals surface area (Å²) in [5, 5.41) is 6.74. The molecule has 4 heterocycles. The average Bonchev–Trinajstić information content (AvgIpc) is 3.40. The second-order valence-corrected chi connectivity index (χ2v) is 16.1. The molecule has 0 bridgehead atoms. The molecule has 4 heteroatoms. The van der Waals surface area contributed by atoms with Gasteiger partial charge < -0.3 is 15.1 Å². The van der Waals surface area contributed by atoms with Crippen LogP contribution in [0.3, 0.4) is 0 Å². The number of likely N-dealkylation sites (N-methyl/N-ethyl adjacent to an activating group) is 1. The number of nitrogens with zero attached hydrogens (tertiary/aromatic N) is 3. The molecule has 4 unspecified atom stereocenters. The zero-order valence-electron chi connectivity index (χ0n) is 31.2. The number of nitrogens with one attached hydrogen (secondary N) is 1. The number of hydrogen-bond donors (Lipinski definition) is 1. The summed E-state index contributed by atoms with van der Waals surface area (Å²) < 4.78 is 0. The summed E-state index contributed by atoms with van der Waals surface area (Å²) in [6, 6.07) is 41.1. The molecule has 1 N–H and O–H groups in total. The first-order chi connectivity index (χ1) is 27.1. The summed E-state index contributed by atoms with van der Waals surface area (Å²) in [5.74, 6) is 0.744. The summed E-state index contributed by atoms with van der Waals surface area (Å²) in [5.41, 5.74) is 19.7. The number of anilines is 6. The molecule has 4 atom stereocenters. The average molecular weight is 711 g/mol. The molecule has 55 heavy (non-hydrogen) atoms. The Morgan fingerprint density at radius 3 is 2.29 bits per heavy atom. The van der Waals surface area contributed by atoms with Gasteiger partial charge in [-0.1, -0.05) is 110 Å². The van der Waals surface area contributed by atoms with Crippen LogP contribution in [0.15, 0.2) is 157 Å². The molecule has 7 aliphatic rings. The maximum Gasteiger partial charge on any atom is 0.0534 e. The van der Waals surface area contributed by atoms with E-state index < -0.39 is 0 Å². The van der Waals surface area contributed by atoms with Crippen LogP contribution in [0.5, 0.6) is 0 Å². The highest BCUT2D eigenvalue weighted by molar-refractivity contribution is 5.96. The van der Waals surface area contributed by atoms with Crippen LogP contribution in [0.4, 0.5) is 34.1 Å². The molecule has 0 aromatic heterocycles. The third-order valence-corrected chi connectivity index (χ3v) is 13.4. The van der Waals surface area contributed by atoms with Crippen LogP contribution in [0.2, 0.25) is 0 Å². The summed E-state index contributed by atoms with van der Waals surface area (Å²) in [6.45, 7) is 2.37. The number of allylic oxidation sites excluding steroid dienone is 5. The third kappa shape index (κ3) is 4.43. The van der Waals surface area contributed by atoms with Crippen LogP contribution < -0.4 is 25.6 Å². The van der Waals surface area contributed by atoms with Crippen LogP contribution in [-0.2, 0) is 0 Å². The lowest BCUT2D eigenvalue weighted by Crippen LogP contribution is -2.43. The second-order valence-electron chi connectivity index (χ2n) is 16.1. The zero-order chi connectivity index (χ0) is 36.4. The zero-order valence-corrected chi connectivity index (χ0v) is 31.2. The molecule has 0 amide bonds. The molecule has 4 nitrogen and oxygen atoms in total. The van der Waals surface area contributed by atoms with E-state index in [4.69, 9.17) is 0 Å². The van der Waals surface area contributed by atoms with E-state index in [-0.39, 0.29) is 6.04 Å². The lowest BCUT2D eigenvalue weighted by Gasteiger charge is -2.41. The van der Waals surface area contributed by atoms with Gasteiger partial charge in [0.25, 0.3) is 0 Å².